The number of benzene rings is 24. The Morgan fingerprint density at radius 1 is 0.0794 bits per heavy atom. The summed E-state index contributed by atoms with van der Waals surface area (Å²) in [5, 5.41) is 22.8. The first kappa shape index (κ1) is 75.8. The molecule has 24 rings (SSSR count). The molecule has 588 valence electrons. The van der Waals surface area contributed by atoms with Crippen LogP contribution in [-0.4, -0.2) is 0 Å². The second-order valence-electron chi connectivity index (χ2n) is 32.7. The third-order valence-electron chi connectivity index (χ3n) is 25.3. The van der Waals surface area contributed by atoms with Crippen molar-refractivity contribution in [3.8, 4) is 134 Å². The highest BCUT2D eigenvalue weighted by atomic mass is 14.3. The van der Waals surface area contributed by atoms with Gasteiger partial charge in [-0.15, -0.1) is 0 Å². The van der Waals surface area contributed by atoms with Crippen molar-refractivity contribution in [2.24, 2.45) is 0 Å². The zero-order valence-electron chi connectivity index (χ0n) is 69.5. The lowest BCUT2D eigenvalue weighted by Gasteiger charge is -2.20. The van der Waals surface area contributed by atoms with Crippen LogP contribution in [0.25, 0.3) is 230 Å². The average Bonchev–Trinajstić information content (AvgIpc) is 0.740. The van der Waals surface area contributed by atoms with E-state index in [1.165, 1.54) is 230 Å². The number of fused-ring (bicyclic) bond motifs is 9. The first-order valence-electron chi connectivity index (χ1n) is 43.6. The van der Waals surface area contributed by atoms with E-state index >= 15 is 0 Å². The summed E-state index contributed by atoms with van der Waals surface area (Å²) in [5.41, 5.74) is 29.9. The van der Waals surface area contributed by atoms with Crippen LogP contribution in [0, 0.1) is 0 Å². The Bertz CT molecular complexity index is 8090. The summed E-state index contributed by atoms with van der Waals surface area (Å²) >= 11 is 0. The minimum Gasteiger partial charge on any atom is -0.0622 e. The molecule has 24 aromatic carbocycles. The normalized spacial score (nSPS) is 11.3. The minimum atomic E-state index is 1.22. The Morgan fingerprint density at radius 3 is 0.579 bits per heavy atom. The maximum atomic E-state index is 2.37. The molecule has 0 aliphatic rings. The quantitative estimate of drug-likeness (QED) is 0.107. The fourth-order valence-corrected chi connectivity index (χ4v) is 19.5. The summed E-state index contributed by atoms with van der Waals surface area (Å²) in [4.78, 5) is 0. The predicted octanol–water partition coefficient (Wildman–Crippen LogP) is 35.4. The molecule has 0 aliphatic heterocycles. The summed E-state index contributed by atoms with van der Waals surface area (Å²) in [6.07, 6.45) is 0. The molecule has 0 aliphatic carbocycles. The van der Waals surface area contributed by atoms with E-state index in [1.807, 2.05) is 0 Å². The maximum absolute atomic E-state index is 2.37. The van der Waals surface area contributed by atoms with E-state index in [0.717, 1.165) is 0 Å². The first-order valence-corrected chi connectivity index (χ1v) is 43.6. The van der Waals surface area contributed by atoms with Crippen LogP contribution in [0.3, 0.4) is 0 Å². The Hall–Kier alpha value is -16.4. The van der Waals surface area contributed by atoms with E-state index in [1.54, 1.807) is 0 Å². The van der Waals surface area contributed by atoms with Gasteiger partial charge in [-0.1, -0.05) is 467 Å². The Balaban J connectivity index is 0.000000112. The smallest absolute Gasteiger partial charge is 0.00201 e. The minimum absolute atomic E-state index is 1.22. The summed E-state index contributed by atoms with van der Waals surface area (Å²) in [6, 6.07) is 185. The van der Waals surface area contributed by atoms with Crippen molar-refractivity contribution in [3.63, 3.8) is 0 Å². The van der Waals surface area contributed by atoms with Crippen LogP contribution in [0.15, 0.2) is 510 Å². The van der Waals surface area contributed by atoms with Crippen molar-refractivity contribution in [2.45, 2.75) is 0 Å². The highest BCUT2D eigenvalue weighted by Gasteiger charge is 2.23. The van der Waals surface area contributed by atoms with Crippen molar-refractivity contribution >= 4 is 97.0 Å². The SMILES string of the molecule is c1ccc(-c2cccc(-c3cccc(-c4c5ccccc5c(-c5ccc6ccccc6c5)c5ccccc45)c3)c2)cc1.c1ccc(-c2cccc(-c3ccccc3-c3c4ccccc4c(-c4ccc5ccccc5c4)c4ccccc34)c2)cc1.c1ccc(-c2ccccc2-c2cccc(-c3c4ccccc4c(-c4ccc5ccccc5c4)c4ccccc34)c2)cc1. The molecule has 0 bridgehead atoms. The highest BCUT2D eigenvalue weighted by molar-refractivity contribution is 6.25. The second-order valence-corrected chi connectivity index (χ2v) is 32.7. The summed E-state index contributed by atoms with van der Waals surface area (Å²) in [6.45, 7) is 0. The standard InChI is InChI=1S/3C42H28/c1-2-12-29(13-3-1)32-16-10-17-33(26-32)34-18-11-19-35(28-34)41-37-20-6-8-22-39(37)42(40-23-9-7-21-38(40)41)36-25-24-30-14-4-5-15-31(30)27-36;1-2-14-30(15-3-1)35-19-6-7-20-36(35)32-17-12-18-33(28-32)41-37-21-8-10-23-39(37)42(40-24-11-9-22-38(40)41)34-26-25-29-13-4-5-16-31(29)27-34;1-2-13-29(14-3-1)32-17-12-18-33(27-32)35-19-6-7-20-36(35)42-39-23-10-8-21-37(39)41(38-22-9-11-24-40(38)42)34-26-25-30-15-4-5-16-31(30)28-34/h3*1-28H. The van der Waals surface area contributed by atoms with Gasteiger partial charge in [0.15, 0.2) is 0 Å². The van der Waals surface area contributed by atoms with Gasteiger partial charge in [-0.2, -0.15) is 0 Å². The molecule has 0 heterocycles. The molecule has 126 heavy (non-hydrogen) atoms. The van der Waals surface area contributed by atoms with Gasteiger partial charge in [0, 0.05) is 0 Å². The number of hydrogen-bond acceptors (Lipinski definition) is 0. The fraction of sp³-hybridized carbons (Fsp3) is 0. The fourth-order valence-electron chi connectivity index (χ4n) is 19.5. The van der Waals surface area contributed by atoms with E-state index in [0.29, 0.717) is 0 Å². The van der Waals surface area contributed by atoms with Gasteiger partial charge in [-0.05, 0) is 273 Å². The van der Waals surface area contributed by atoms with Gasteiger partial charge in [0.2, 0.25) is 0 Å². The zero-order valence-corrected chi connectivity index (χ0v) is 69.5. The third kappa shape index (κ3) is 14.4. The van der Waals surface area contributed by atoms with Crippen LogP contribution in [0.4, 0.5) is 0 Å². The topological polar surface area (TPSA) is 0 Å². The van der Waals surface area contributed by atoms with E-state index in [2.05, 4.69) is 510 Å². The van der Waals surface area contributed by atoms with Gasteiger partial charge >= 0.3 is 0 Å². The molecule has 0 fully saturated rings. The molecule has 0 unspecified atom stereocenters. The molecule has 0 nitrogen and oxygen atoms in total. The van der Waals surface area contributed by atoms with Gasteiger partial charge in [-0.3, -0.25) is 0 Å². The van der Waals surface area contributed by atoms with E-state index in [4.69, 9.17) is 0 Å². The summed E-state index contributed by atoms with van der Waals surface area (Å²) in [7, 11) is 0. The van der Waals surface area contributed by atoms with Crippen molar-refractivity contribution < 1.29 is 0 Å². The van der Waals surface area contributed by atoms with Crippen LogP contribution in [0.1, 0.15) is 0 Å². The zero-order chi connectivity index (χ0) is 83.6. The van der Waals surface area contributed by atoms with Gasteiger partial charge < -0.3 is 0 Å². The summed E-state index contributed by atoms with van der Waals surface area (Å²) < 4.78 is 0. The van der Waals surface area contributed by atoms with Crippen LogP contribution < -0.4 is 0 Å². The van der Waals surface area contributed by atoms with Crippen molar-refractivity contribution in [2.75, 3.05) is 0 Å². The molecule has 0 spiro atoms. The molecular formula is C126H84. The lowest BCUT2D eigenvalue weighted by molar-refractivity contribution is 1.58. The van der Waals surface area contributed by atoms with E-state index in [-0.39, 0.29) is 0 Å². The van der Waals surface area contributed by atoms with Gasteiger partial charge in [-0.25, -0.2) is 0 Å². The van der Waals surface area contributed by atoms with Crippen molar-refractivity contribution in [3.05, 3.63) is 510 Å². The van der Waals surface area contributed by atoms with E-state index < -0.39 is 0 Å². The van der Waals surface area contributed by atoms with Gasteiger partial charge in [0.1, 0.15) is 0 Å². The van der Waals surface area contributed by atoms with E-state index in [9.17, 15) is 0 Å². The molecule has 0 amide bonds. The van der Waals surface area contributed by atoms with Crippen molar-refractivity contribution in [1.82, 2.24) is 0 Å². The van der Waals surface area contributed by atoms with Crippen LogP contribution in [-0.2, 0) is 0 Å². The third-order valence-corrected chi connectivity index (χ3v) is 25.3. The molecule has 0 saturated carbocycles. The van der Waals surface area contributed by atoms with Crippen LogP contribution in [0.2, 0.25) is 0 Å². The molecular weight excluding hydrogens is 1510 g/mol. The summed E-state index contributed by atoms with van der Waals surface area (Å²) in [5.74, 6) is 0. The molecule has 0 atom stereocenters. The number of hydrogen-bond donors (Lipinski definition) is 0. The molecule has 0 heteroatoms. The molecule has 0 N–H and O–H groups in total. The van der Waals surface area contributed by atoms with Crippen molar-refractivity contribution in [1.29, 1.82) is 0 Å². The predicted molar refractivity (Wildman–Crippen MR) is 542 cm³/mol. The lowest BCUT2D eigenvalue weighted by Crippen LogP contribution is -1.93. The monoisotopic (exact) mass is 1600 g/mol. The molecule has 24 aromatic rings. The Kier molecular flexibility index (Phi) is 20.2. The second kappa shape index (κ2) is 33.6. The van der Waals surface area contributed by atoms with Crippen LogP contribution >= 0.6 is 0 Å². The van der Waals surface area contributed by atoms with Gasteiger partial charge in [0.05, 0.1) is 0 Å². The Labute approximate surface area is 734 Å². The molecule has 0 saturated heterocycles. The Morgan fingerprint density at radius 2 is 0.262 bits per heavy atom. The first-order chi connectivity index (χ1) is 62.5. The number of rotatable bonds is 12. The lowest BCUT2D eigenvalue weighted by atomic mass is 9.83. The maximum Gasteiger partial charge on any atom is -0.00201 e. The molecule has 0 aromatic heterocycles. The van der Waals surface area contributed by atoms with Crippen LogP contribution in [0.5, 0.6) is 0 Å². The largest absolute Gasteiger partial charge is 0.0622 e. The van der Waals surface area contributed by atoms with Gasteiger partial charge in [0.25, 0.3) is 0 Å². The highest BCUT2D eigenvalue weighted by Crippen LogP contribution is 2.51. The average molecular weight is 1600 g/mol. The molecule has 0 radical (unpaired) electrons.